The zero-order valence-electron chi connectivity index (χ0n) is 19.4. The molecule has 1 N–H and O–H groups in total. The van der Waals surface area contributed by atoms with Gasteiger partial charge in [0.15, 0.2) is 0 Å². The number of fused-ring (bicyclic) bond motifs is 1. The molecule has 3 amide bonds. The normalized spacial score (nSPS) is 22.6. The summed E-state index contributed by atoms with van der Waals surface area (Å²) in [5.41, 5.74) is 0.964. The van der Waals surface area contributed by atoms with Gasteiger partial charge in [0.25, 0.3) is 5.91 Å². The average molecular weight is 434 g/mol. The van der Waals surface area contributed by atoms with Gasteiger partial charge in [0.1, 0.15) is 12.4 Å². The number of benzene rings is 1. The number of nitrogens with one attached hydrogen (secondary N) is 1. The zero-order chi connectivity index (χ0) is 23.1. The number of nitrogens with zero attached hydrogens (tertiary/aromatic N) is 2. The van der Waals surface area contributed by atoms with E-state index in [2.05, 4.69) is 5.32 Å². The van der Waals surface area contributed by atoms with E-state index in [1.165, 1.54) is 0 Å². The van der Waals surface area contributed by atoms with Crippen LogP contribution in [-0.2, 0) is 14.3 Å². The van der Waals surface area contributed by atoms with Gasteiger partial charge >= 0.3 is 0 Å². The molecule has 31 heavy (non-hydrogen) atoms. The maximum atomic E-state index is 13.1. The Morgan fingerprint density at radius 2 is 1.90 bits per heavy atom. The minimum atomic E-state index is -0.222. The molecule has 1 aromatic carbocycles. The molecule has 3 atom stereocenters. The minimum Gasteiger partial charge on any atom is -0.491 e. The molecule has 0 aliphatic carbocycles. The molecule has 0 radical (unpaired) electrons. The van der Waals surface area contributed by atoms with E-state index in [1.54, 1.807) is 44.2 Å². The fraction of sp³-hybridized carbons (Fsp3) is 0.609. The molecule has 1 aliphatic rings. The summed E-state index contributed by atoms with van der Waals surface area (Å²) in [7, 11) is 3.35. The average Bonchev–Trinajstić information content (AvgIpc) is 2.77. The number of hydrogen-bond acceptors (Lipinski definition) is 5. The third kappa shape index (κ3) is 6.19. The van der Waals surface area contributed by atoms with Gasteiger partial charge in [0.05, 0.1) is 17.7 Å². The summed E-state index contributed by atoms with van der Waals surface area (Å²) >= 11 is 0. The maximum absolute atomic E-state index is 13.1. The van der Waals surface area contributed by atoms with E-state index in [-0.39, 0.29) is 42.4 Å². The summed E-state index contributed by atoms with van der Waals surface area (Å²) in [4.78, 5) is 41.0. The molecule has 0 spiro atoms. The highest BCUT2D eigenvalue weighted by atomic mass is 16.5. The van der Waals surface area contributed by atoms with Crippen LogP contribution in [0.1, 0.15) is 50.9 Å². The first-order chi connectivity index (χ1) is 14.7. The molecule has 172 valence electrons. The fourth-order valence-electron chi connectivity index (χ4n) is 3.65. The molecule has 0 aromatic heterocycles. The van der Waals surface area contributed by atoms with Gasteiger partial charge in [-0.05, 0) is 19.1 Å². The number of ether oxygens (including phenoxy) is 2. The number of rotatable bonds is 4. The van der Waals surface area contributed by atoms with Crippen molar-refractivity contribution in [2.45, 2.75) is 52.7 Å². The van der Waals surface area contributed by atoms with Gasteiger partial charge in [-0.25, -0.2) is 0 Å². The number of amides is 3. The van der Waals surface area contributed by atoms with Crippen LogP contribution in [0.5, 0.6) is 5.75 Å². The number of likely N-dealkylation sites (N-methyl/N-ethyl adjacent to an activating group) is 1. The second-order valence-electron chi connectivity index (χ2n) is 8.11. The Kier molecular flexibility index (Phi) is 8.86. The molecule has 1 aromatic rings. The predicted octanol–water partition coefficient (Wildman–Crippen LogP) is 2.78. The molecule has 0 bridgehead atoms. The van der Waals surface area contributed by atoms with Crippen LogP contribution >= 0.6 is 0 Å². The Labute approximate surface area is 184 Å². The maximum Gasteiger partial charge on any atom is 0.257 e. The Hall–Kier alpha value is -2.61. The van der Waals surface area contributed by atoms with E-state index in [4.69, 9.17) is 9.47 Å². The van der Waals surface area contributed by atoms with Crippen LogP contribution in [0, 0.1) is 5.92 Å². The highest BCUT2D eigenvalue weighted by Crippen LogP contribution is 2.27. The highest BCUT2D eigenvalue weighted by Gasteiger charge is 2.29. The third-order valence-electron chi connectivity index (χ3n) is 5.67. The van der Waals surface area contributed by atoms with Crippen molar-refractivity contribution >= 4 is 23.4 Å². The Balaban J connectivity index is 2.45. The summed E-state index contributed by atoms with van der Waals surface area (Å²) in [5.74, 6) is 0.144. The van der Waals surface area contributed by atoms with Crippen LogP contribution in [0.25, 0.3) is 0 Å². The topological polar surface area (TPSA) is 88.2 Å². The molecule has 1 aliphatic heterocycles. The summed E-state index contributed by atoms with van der Waals surface area (Å²) in [6.07, 6.45) is 0.526. The van der Waals surface area contributed by atoms with Crippen LogP contribution in [0.15, 0.2) is 18.2 Å². The first kappa shape index (κ1) is 24.7. The van der Waals surface area contributed by atoms with Crippen LogP contribution in [0.4, 0.5) is 5.69 Å². The molecular formula is C23H35N3O5. The standard InChI is InChI=1S/C23H35N3O5/c1-7-21(27)24-17-9-10-18-19(11-17)31-14-16(4)26(22(28)8-2)12-15(3)20(30-6)13-25(5)23(18)29/h9-11,15-16,20H,7-8,12-14H2,1-6H3,(H,24,27)/t15-,16+,20-/m1/s1. The summed E-state index contributed by atoms with van der Waals surface area (Å²) in [5, 5.41) is 2.80. The largest absolute Gasteiger partial charge is 0.491 e. The van der Waals surface area contributed by atoms with Crippen LogP contribution in [0.3, 0.4) is 0 Å². The Morgan fingerprint density at radius 3 is 2.52 bits per heavy atom. The summed E-state index contributed by atoms with van der Waals surface area (Å²) in [6.45, 7) is 8.69. The predicted molar refractivity (Wildman–Crippen MR) is 119 cm³/mol. The van der Waals surface area contributed by atoms with Crippen molar-refractivity contribution in [1.82, 2.24) is 9.80 Å². The first-order valence-corrected chi connectivity index (χ1v) is 10.9. The van der Waals surface area contributed by atoms with Gasteiger partial charge < -0.3 is 24.6 Å². The molecule has 0 fully saturated rings. The number of carbonyl (C=O) groups excluding carboxylic acids is 3. The smallest absolute Gasteiger partial charge is 0.257 e. The SMILES string of the molecule is CCC(=O)Nc1ccc2c(c1)OC[C@H](C)N(C(=O)CC)C[C@@H](C)[C@H](OC)CN(C)C2=O. The third-order valence-corrected chi connectivity index (χ3v) is 5.67. The van der Waals surface area contributed by atoms with Crippen molar-refractivity contribution in [2.24, 2.45) is 5.92 Å². The van der Waals surface area contributed by atoms with Crippen molar-refractivity contribution < 1.29 is 23.9 Å². The van der Waals surface area contributed by atoms with E-state index in [9.17, 15) is 14.4 Å². The van der Waals surface area contributed by atoms with Crippen molar-refractivity contribution in [3.63, 3.8) is 0 Å². The van der Waals surface area contributed by atoms with Crippen LogP contribution in [0.2, 0.25) is 0 Å². The number of carbonyl (C=O) groups is 3. The lowest BCUT2D eigenvalue weighted by molar-refractivity contribution is -0.135. The molecular weight excluding hydrogens is 398 g/mol. The van der Waals surface area contributed by atoms with Gasteiger partial charge in [0.2, 0.25) is 11.8 Å². The lowest BCUT2D eigenvalue weighted by Crippen LogP contribution is -2.48. The van der Waals surface area contributed by atoms with Gasteiger partial charge in [-0.2, -0.15) is 0 Å². The fourth-order valence-corrected chi connectivity index (χ4v) is 3.65. The molecule has 0 saturated heterocycles. The lowest BCUT2D eigenvalue weighted by Gasteiger charge is -2.36. The summed E-state index contributed by atoms with van der Waals surface area (Å²) in [6, 6.07) is 4.83. The first-order valence-electron chi connectivity index (χ1n) is 10.9. The second kappa shape index (κ2) is 11.1. The highest BCUT2D eigenvalue weighted by molar-refractivity contribution is 5.98. The van der Waals surface area contributed by atoms with Gasteiger partial charge in [-0.15, -0.1) is 0 Å². The van der Waals surface area contributed by atoms with Crippen molar-refractivity contribution in [2.75, 3.05) is 39.2 Å². The zero-order valence-corrected chi connectivity index (χ0v) is 19.4. The number of anilines is 1. The quantitative estimate of drug-likeness (QED) is 0.789. The molecule has 8 heteroatoms. The van der Waals surface area contributed by atoms with E-state index in [1.807, 2.05) is 25.7 Å². The number of hydrogen-bond donors (Lipinski definition) is 1. The van der Waals surface area contributed by atoms with Gasteiger partial charge in [-0.1, -0.05) is 20.8 Å². The van der Waals surface area contributed by atoms with Gasteiger partial charge in [-0.3, -0.25) is 14.4 Å². The lowest BCUT2D eigenvalue weighted by atomic mass is 10.0. The van der Waals surface area contributed by atoms with Gasteiger partial charge in [0, 0.05) is 57.8 Å². The van der Waals surface area contributed by atoms with Crippen molar-refractivity contribution in [3.05, 3.63) is 23.8 Å². The molecule has 8 nitrogen and oxygen atoms in total. The summed E-state index contributed by atoms with van der Waals surface area (Å²) < 4.78 is 11.7. The van der Waals surface area contributed by atoms with Crippen LogP contribution in [-0.4, -0.2) is 73.5 Å². The van der Waals surface area contributed by atoms with E-state index >= 15 is 0 Å². The molecule has 1 heterocycles. The van der Waals surface area contributed by atoms with E-state index < -0.39 is 0 Å². The second-order valence-corrected chi connectivity index (χ2v) is 8.11. The Bertz CT molecular complexity index is 797. The van der Waals surface area contributed by atoms with Crippen molar-refractivity contribution in [1.29, 1.82) is 0 Å². The Morgan fingerprint density at radius 1 is 1.19 bits per heavy atom. The minimum absolute atomic E-state index is 0.0312. The van der Waals surface area contributed by atoms with Crippen molar-refractivity contribution in [3.8, 4) is 5.75 Å². The monoisotopic (exact) mass is 433 g/mol. The number of methoxy groups -OCH3 is 1. The molecule has 0 unspecified atom stereocenters. The molecule has 0 saturated carbocycles. The van der Waals surface area contributed by atoms with E-state index in [0.29, 0.717) is 42.9 Å². The molecule has 2 rings (SSSR count). The van der Waals surface area contributed by atoms with E-state index in [0.717, 1.165) is 0 Å². The van der Waals surface area contributed by atoms with Crippen LogP contribution < -0.4 is 10.1 Å².